The van der Waals surface area contributed by atoms with Gasteiger partial charge in [0.1, 0.15) is 0 Å². The van der Waals surface area contributed by atoms with E-state index >= 15 is 0 Å². The van der Waals surface area contributed by atoms with Crippen LogP contribution in [0.25, 0.3) is 0 Å². The van der Waals surface area contributed by atoms with Crippen LogP contribution >= 0.6 is 0 Å². The van der Waals surface area contributed by atoms with E-state index in [0.717, 1.165) is 12.0 Å². The van der Waals surface area contributed by atoms with Crippen molar-refractivity contribution in [2.45, 2.75) is 13.3 Å². The molecule has 0 aliphatic carbocycles. The van der Waals surface area contributed by atoms with Crippen molar-refractivity contribution in [3.8, 4) is 11.5 Å². The zero-order chi connectivity index (χ0) is 16.7. The summed E-state index contributed by atoms with van der Waals surface area (Å²) in [5.74, 6) is 0.759. The number of aryl methyl sites for hydroxylation is 1. The smallest absolute Gasteiger partial charge is 0.271 e. The van der Waals surface area contributed by atoms with Gasteiger partial charge in [0, 0.05) is 5.56 Å². The Morgan fingerprint density at radius 1 is 1.09 bits per heavy atom. The molecule has 0 bridgehead atoms. The van der Waals surface area contributed by atoms with Crippen molar-refractivity contribution in [1.82, 2.24) is 5.43 Å². The Hall–Kier alpha value is -2.82. The van der Waals surface area contributed by atoms with Crippen molar-refractivity contribution in [2.75, 3.05) is 14.2 Å². The summed E-state index contributed by atoms with van der Waals surface area (Å²) in [6, 6.07) is 13.0. The zero-order valence-corrected chi connectivity index (χ0v) is 13.5. The molecular formula is C18H20N2O3. The van der Waals surface area contributed by atoms with Crippen molar-refractivity contribution in [3.63, 3.8) is 0 Å². The van der Waals surface area contributed by atoms with Crippen LogP contribution in [0, 0.1) is 0 Å². The number of rotatable bonds is 6. The number of nitrogens with one attached hydrogen (secondary N) is 1. The zero-order valence-electron chi connectivity index (χ0n) is 13.5. The minimum absolute atomic E-state index is 0.313. The third kappa shape index (κ3) is 4.32. The van der Waals surface area contributed by atoms with Crippen LogP contribution in [0.4, 0.5) is 0 Å². The summed E-state index contributed by atoms with van der Waals surface area (Å²) in [6.45, 7) is 2.10. The number of hydrogen-bond donors (Lipinski definition) is 1. The van der Waals surface area contributed by atoms with Crippen molar-refractivity contribution in [3.05, 3.63) is 59.2 Å². The summed E-state index contributed by atoms with van der Waals surface area (Å²) in [6.07, 6.45) is 2.60. The second-order valence-corrected chi connectivity index (χ2v) is 4.86. The molecular weight excluding hydrogens is 292 g/mol. The molecule has 2 rings (SSSR count). The molecule has 2 aromatic carbocycles. The number of nitrogens with zero attached hydrogens (tertiary/aromatic N) is 1. The lowest BCUT2D eigenvalue weighted by Crippen LogP contribution is -2.17. The molecule has 5 heteroatoms. The Morgan fingerprint density at radius 2 is 1.78 bits per heavy atom. The number of carbonyl (C=O) groups excluding carboxylic acids is 1. The van der Waals surface area contributed by atoms with Crippen LogP contribution in [0.1, 0.15) is 28.4 Å². The highest BCUT2D eigenvalue weighted by molar-refractivity contribution is 5.95. The predicted molar refractivity (Wildman–Crippen MR) is 90.4 cm³/mol. The molecule has 0 unspecified atom stereocenters. The van der Waals surface area contributed by atoms with E-state index in [9.17, 15) is 4.79 Å². The number of carbonyl (C=O) groups is 1. The van der Waals surface area contributed by atoms with Crippen LogP contribution in [-0.4, -0.2) is 26.3 Å². The summed E-state index contributed by atoms with van der Waals surface area (Å²) >= 11 is 0. The van der Waals surface area contributed by atoms with Gasteiger partial charge in [-0.2, -0.15) is 5.10 Å². The van der Waals surface area contributed by atoms with E-state index < -0.39 is 0 Å². The second kappa shape index (κ2) is 7.98. The van der Waals surface area contributed by atoms with Gasteiger partial charge in [-0.3, -0.25) is 4.79 Å². The normalized spacial score (nSPS) is 10.6. The SMILES string of the molecule is CCc1ccc(/C=N/NC(=O)c2ccc(OC)c(OC)c2)cc1. The fourth-order valence-corrected chi connectivity index (χ4v) is 2.05. The molecule has 23 heavy (non-hydrogen) atoms. The Kier molecular flexibility index (Phi) is 5.74. The van der Waals surface area contributed by atoms with Gasteiger partial charge in [-0.1, -0.05) is 31.2 Å². The molecule has 0 atom stereocenters. The second-order valence-electron chi connectivity index (χ2n) is 4.86. The lowest BCUT2D eigenvalue weighted by atomic mass is 10.1. The molecule has 120 valence electrons. The molecule has 1 N–H and O–H groups in total. The van der Waals surface area contributed by atoms with E-state index in [1.54, 1.807) is 31.5 Å². The molecule has 0 aliphatic heterocycles. The standard InChI is InChI=1S/C18H20N2O3/c1-4-13-5-7-14(8-6-13)12-19-20-18(21)15-9-10-16(22-2)17(11-15)23-3/h5-12H,4H2,1-3H3,(H,20,21)/b19-12+. The maximum Gasteiger partial charge on any atom is 0.271 e. The fourth-order valence-electron chi connectivity index (χ4n) is 2.05. The van der Waals surface area contributed by atoms with Crippen LogP contribution in [0.5, 0.6) is 11.5 Å². The maximum atomic E-state index is 12.1. The monoisotopic (exact) mass is 312 g/mol. The van der Waals surface area contributed by atoms with Crippen molar-refractivity contribution < 1.29 is 14.3 Å². The Bertz CT molecular complexity index is 694. The van der Waals surface area contributed by atoms with Gasteiger partial charge in [0.25, 0.3) is 5.91 Å². The van der Waals surface area contributed by atoms with Crippen LogP contribution in [-0.2, 0) is 6.42 Å². The molecule has 2 aromatic rings. The molecule has 0 saturated heterocycles. The molecule has 0 aromatic heterocycles. The predicted octanol–water partition coefficient (Wildman–Crippen LogP) is 3.03. The van der Waals surface area contributed by atoms with Crippen LogP contribution in [0.15, 0.2) is 47.6 Å². The largest absolute Gasteiger partial charge is 0.493 e. The summed E-state index contributed by atoms with van der Waals surface area (Å²) < 4.78 is 10.3. The first-order valence-electron chi connectivity index (χ1n) is 7.32. The first-order chi connectivity index (χ1) is 11.2. The van der Waals surface area contributed by atoms with Gasteiger partial charge in [-0.25, -0.2) is 5.43 Å². The highest BCUT2D eigenvalue weighted by atomic mass is 16.5. The van der Waals surface area contributed by atoms with Crippen molar-refractivity contribution >= 4 is 12.1 Å². The van der Waals surface area contributed by atoms with Crippen LogP contribution in [0.2, 0.25) is 0 Å². The van der Waals surface area contributed by atoms with Gasteiger partial charge < -0.3 is 9.47 Å². The summed E-state index contributed by atoms with van der Waals surface area (Å²) in [7, 11) is 3.07. The molecule has 5 nitrogen and oxygen atoms in total. The van der Waals surface area contributed by atoms with E-state index in [1.165, 1.54) is 12.7 Å². The first kappa shape index (κ1) is 16.5. The molecule has 1 amide bonds. The van der Waals surface area contributed by atoms with Crippen LogP contribution in [0.3, 0.4) is 0 Å². The molecule has 0 heterocycles. The van der Waals surface area contributed by atoms with E-state index in [-0.39, 0.29) is 5.91 Å². The maximum absolute atomic E-state index is 12.1. The van der Waals surface area contributed by atoms with E-state index in [0.29, 0.717) is 17.1 Å². The van der Waals surface area contributed by atoms with Gasteiger partial charge in [-0.05, 0) is 35.7 Å². The number of hydrogen-bond acceptors (Lipinski definition) is 4. The van der Waals surface area contributed by atoms with Crippen LogP contribution < -0.4 is 14.9 Å². The Morgan fingerprint density at radius 3 is 2.39 bits per heavy atom. The molecule has 0 fully saturated rings. The van der Waals surface area contributed by atoms with Crippen molar-refractivity contribution in [2.24, 2.45) is 5.10 Å². The summed E-state index contributed by atoms with van der Waals surface area (Å²) in [4.78, 5) is 12.1. The van der Waals surface area contributed by atoms with E-state index in [1.807, 2.05) is 24.3 Å². The molecule has 0 aliphatic rings. The number of benzene rings is 2. The van der Waals surface area contributed by atoms with E-state index in [2.05, 4.69) is 17.5 Å². The third-order valence-corrected chi connectivity index (χ3v) is 3.41. The topological polar surface area (TPSA) is 59.9 Å². The van der Waals surface area contributed by atoms with Crippen molar-refractivity contribution in [1.29, 1.82) is 0 Å². The lowest BCUT2D eigenvalue weighted by Gasteiger charge is -2.08. The summed E-state index contributed by atoms with van der Waals surface area (Å²) in [5.41, 5.74) is 5.13. The highest BCUT2D eigenvalue weighted by Gasteiger charge is 2.09. The molecule has 0 spiro atoms. The number of amides is 1. The van der Waals surface area contributed by atoms with Gasteiger partial charge in [0.2, 0.25) is 0 Å². The van der Waals surface area contributed by atoms with E-state index in [4.69, 9.17) is 9.47 Å². The number of ether oxygens (including phenoxy) is 2. The fraction of sp³-hybridized carbons (Fsp3) is 0.222. The Labute approximate surface area is 135 Å². The average molecular weight is 312 g/mol. The average Bonchev–Trinajstić information content (AvgIpc) is 2.61. The van der Waals surface area contributed by atoms with Gasteiger partial charge in [-0.15, -0.1) is 0 Å². The minimum atomic E-state index is -0.313. The highest BCUT2D eigenvalue weighted by Crippen LogP contribution is 2.27. The minimum Gasteiger partial charge on any atom is -0.493 e. The first-order valence-corrected chi connectivity index (χ1v) is 7.32. The van der Waals surface area contributed by atoms with Gasteiger partial charge >= 0.3 is 0 Å². The molecule has 0 radical (unpaired) electrons. The Balaban J connectivity index is 2.02. The van der Waals surface area contributed by atoms with Gasteiger partial charge in [0.15, 0.2) is 11.5 Å². The lowest BCUT2D eigenvalue weighted by molar-refractivity contribution is 0.0954. The summed E-state index contributed by atoms with van der Waals surface area (Å²) in [5, 5.41) is 3.97. The number of hydrazone groups is 1. The van der Waals surface area contributed by atoms with Gasteiger partial charge in [0.05, 0.1) is 20.4 Å². The third-order valence-electron chi connectivity index (χ3n) is 3.41. The molecule has 0 saturated carbocycles. The number of methoxy groups -OCH3 is 2. The quantitative estimate of drug-likeness (QED) is 0.659.